The lowest BCUT2D eigenvalue weighted by molar-refractivity contribution is 1.03. The van der Waals surface area contributed by atoms with Gasteiger partial charge in [-0.05, 0) is 30.3 Å². The number of pyridine rings is 1. The molecule has 0 radical (unpaired) electrons. The van der Waals surface area contributed by atoms with Crippen LogP contribution in [0.15, 0.2) is 59.9 Å². The molecule has 0 spiro atoms. The van der Waals surface area contributed by atoms with Crippen LogP contribution in [0, 0.1) is 12.3 Å². The first-order valence-corrected chi connectivity index (χ1v) is 6.69. The van der Waals surface area contributed by atoms with E-state index < -0.39 is 0 Å². The molecule has 1 aliphatic rings. The monoisotopic (exact) mass is 273 g/mol. The molecular formula is C18H15N3. The molecule has 0 N–H and O–H groups in total. The molecule has 3 nitrogen and oxygen atoms in total. The van der Waals surface area contributed by atoms with Crippen molar-refractivity contribution in [2.24, 2.45) is 4.99 Å². The van der Waals surface area contributed by atoms with Crippen molar-refractivity contribution in [2.45, 2.75) is 0 Å². The zero-order valence-electron chi connectivity index (χ0n) is 11.9. The molecule has 0 saturated heterocycles. The van der Waals surface area contributed by atoms with Crippen LogP contribution in [0.2, 0.25) is 0 Å². The van der Waals surface area contributed by atoms with Crippen molar-refractivity contribution in [2.75, 3.05) is 18.5 Å². The maximum Gasteiger partial charge on any atom is 0.0929 e. The van der Waals surface area contributed by atoms with Gasteiger partial charge >= 0.3 is 0 Å². The molecule has 1 aromatic heterocycles. The van der Waals surface area contributed by atoms with E-state index in [2.05, 4.69) is 27.4 Å². The van der Waals surface area contributed by atoms with Crippen LogP contribution in [0.5, 0.6) is 0 Å². The van der Waals surface area contributed by atoms with E-state index in [1.807, 2.05) is 43.4 Å². The van der Waals surface area contributed by atoms with E-state index in [-0.39, 0.29) is 0 Å². The molecule has 0 atom stereocenters. The van der Waals surface area contributed by atoms with Crippen molar-refractivity contribution in [3.8, 4) is 12.3 Å². The summed E-state index contributed by atoms with van der Waals surface area (Å²) in [7, 11) is 1.99. The topological polar surface area (TPSA) is 28.5 Å². The number of terminal acetylenes is 1. The molecule has 1 aromatic carbocycles. The van der Waals surface area contributed by atoms with Gasteiger partial charge in [-0.3, -0.25) is 9.98 Å². The third kappa shape index (κ3) is 2.32. The van der Waals surface area contributed by atoms with Gasteiger partial charge in [-0.1, -0.05) is 18.6 Å². The zero-order valence-corrected chi connectivity index (χ0v) is 11.9. The maximum atomic E-state index is 5.53. The minimum Gasteiger partial charge on any atom is -0.346 e. The second-order valence-corrected chi connectivity index (χ2v) is 4.88. The summed E-state index contributed by atoms with van der Waals surface area (Å²) in [6, 6.07) is 11.7. The molecule has 3 rings (SSSR count). The fourth-order valence-corrected chi connectivity index (χ4v) is 2.36. The fourth-order valence-electron chi connectivity index (χ4n) is 2.36. The van der Waals surface area contributed by atoms with Gasteiger partial charge in [-0.15, -0.1) is 6.42 Å². The summed E-state index contributed by atoms with van der Waals surface area (Å²) in [6.07, 6.45) is 7.30. The number of nitrogens with zero attached hydrogens (tertiary/aromatic N) is 3. The Morgan fingerprint density at radius 1 is 1.29 bits per heavy atom. The van der Waals surface area contributed by atoms with Gasteiger partial charge in [0.1, 0.15) is 0 Å². The molecule has 0 aliphatic carbocycles. The average Bonchev–Trinajstić information content (AvgIpc) is 2.66. The van der Waals surface area contributed by atoms with Gasteiger partial charge in [-0.25, -0.2) is 0 Å². The highest BCUT2D eigenvalue weighted by molar-refractivity contribution is 6.15. The van der Waals surface area contributed by atoms with Gasteiger partial charge in [-0.2, -0.15) is 0 Å². The van der Waals surface area contributed by atoms with E-state index in [0.717, 1.165) is 33.9 Å². The summed E-state index contributed by atoms with van der Waals surface area (Å²) in [5, 5.41) is 0. The van der Waals surface area contributed by atoms with Gasteiger partial charge < -0.3 is 4.90 Å². The normalized spacial score (nSPS) is 14.0. The minimum atomic E-state index is 0.544. The fraction of sp³-hybridized carbons (Fsp3) is 0.111. The molecule has 0 bridgehead atoms. The van der Waals surface area contributed by atoms with E-state index in [9.17, 15) is 0 Å². The first-order chi connectivity index (χ1) is 10.2. The molecule has 3 heteroatoms. The van der Waals surface area contributed by atoms with Crippen molar-refractivity contribution in [1.29, 1.82) is 0 Å². The highest BCUT2D eigenvalue weighted by atomic mass is 15.1. The molecule has 2 heterocycles. The van der Waals surface area contributed by atoms with Gasteiger partial charge in [0, 0.05) is 30.1 Å². The van der Waals surface area contributed by atoms with Gasteiger partial charge in [0.2, 0.25) is 0 Å². The van der Waals surface area contributed by atoms with Crippen molar-refractivity contribution in [3.63, 3.8) is 0 Å². The number of aliphatic imine (C=N–C) groups is 1. The number of benzodiazepines with no additional fused rings is 1. The molecular weight excluding hydrogens is 258 g/mol. The molecule has 0 unspecified atom stereocenters. The quantitative estimate of drug-likeness (QED) is 0.747. The Balaban J connectivity index is 2.25. The predicted molar refractivity (Wildman–Crippen MR) is 86.7 cm³/mol. The number of hydrogen-bond acceptors (Lipinski definition) is 3. The van der Waals surface area contributed by atoms with Crippen molar-refractivity contribution in [1.82, 2.24) is 4.98 Å². The molecule has 102 valence electrons. The minimum absolute atomic E-state index is 0.544. The lowest BCUT2D eigenvalue weighted by Crippen LogP contribution is -2.17. The van der Waals surface area contributed by atoms with Crippen LogP contribution in [0.3, 0.4) is 0 Å². The lowest BCUT2D eigenvalue weighted by Gasteiger charge is -2.21. The SMILES string of the molecule is C#Cc1ccc2c(c1)C(c1ccccn1)=NCC(=C)N2C. The average molecular weight is 273 g/mol. The molecule has 0 fully saturated rings. The van der Waals surface area contributed by atoms with Gasteiger partial charge in [0.05, 0.1) is 23.6 Å². The summed E-state index contributed by atoms with van der Waals surface area (Å²) in [6.45, 7) is 4.63. The molecule has 0 amide bonds. The third-order valence-corrected chi connectivity index (χ3v) is 3.58. The Labute approximate surface area is 124 Å². The van der Waals surface area contributed by atoms with Crippen molar-refractivity contribution >= 4 is 11.4 Å². The van der Waals surface area contributed by atoms with Crippen LogP contribution in [0.1, 0.15) is 16.8 Å². The number of benzene rings is 1. The standard InChI is InChI=1S/C18H15N3/c1-4-14-8-9-17-15(11-14)18(16-7-5-6-10-19-16)20-12-13(2)21(17)3/h1,5-11H,2,12H2,3H3. The van der Waals surface area contributed by atoms with Crippen molar-refractivity contribution < 1.29 is 0 Å². The Morgan fingerprint density at radius 3 is 2.86 bits per heavy atom. The van der Waals surface area contributed by atoms with E-state index in [1.54, 1.807) is 6.20 Å². The highest BCUT2D eigenvalue weighted by Gasteiger charge is 2.20. The second-order valence-electron chi connectivity index (χ2n) is 4.88. The maximum absolute atomic E-state index is 5.53. The molecule has 21 heavy (non-hydrogen) atoms. The summed E-state index contributed by atoms with van der Waals surface area (Å²) in [5.74, 6) is 2.68. The summed E-state index contributed by atoms with van der Waals surface area (Å²) in [5.41, 5.74) is 5.50. The molecule has 0 saturated carbocycles. The zero-order chi connectivity index (χ0) is 14.8. The van der Waals surface area contributed by atoms with E-state index >= 15 is 0 Å². The van der Waals surface area contributed by atoms with Crippen LogP contribution in [-0.2, 0) is 0 Å². The second kappa shape index (κ2) is 5.26. The van der Waals surface area contributed by atoms with Crippen LogP contribution in [-0.4, -0.2) is 24.3 Å². The van der Waals surface area contributed by atoms with Gasteiger partial charge in [0.15, 0.2) is 0 Å². The Hall–Kier alpha value is -2.86. The summed E-state index contributed by atoms with van der Waals surface area (Å²) < 4.78 is 0. The van der Waals surface area contributed by atoms with Crippen LogP contribution in [0.4, 0.5) is 5.69 Å². The Morgan fingerprint density at radius 2 is 2.14 bits per heavy atom. The van der Waals surface area contributed by atoms with Gasteiger partial charge in [0.25, 0.3) is 0 Å². The van der Waals surface area contributed by atoms with Crippen molar-refractivity contribution in [3.05, 3.63) is 71.7 Å². The number of fused-ring (bicyclic) bond motifs is 1. The Bertz CT molecular complexity index is 767. The van der Waals surface area contributed by atoms with Crippen LogP contribution >= 0.6 is 0 Å². The number of hydrogen-bond donors (Lipinski definition) is 0. The molecule has 2 aromatic rings. The number of likely N-dealkylation sites (N-methyl/N-ethyl adjacent to an activating group) is 1. The predicted octanol–water partition coefficient (Wildman–Crippen LogP) is 2.86. The third-order valence-electron chi connectivity index (χ3n) is 3.58. The molecule has 1 aliphatic heterocycles. The smallest absolute Gasteiger partial charge is 0.0929 e. The summed E-state index contributed by atoms with van der Waals surface area (Å²) in [4.78, 5) is 11.2. The first-order valence-electron chi connectivity index (χ1n) is 6.69. The summed E-state index contributed by atoms with van der Waals surface area (Å²) >= 11 is 0. The first kappa shape index (κ1) is 13.1. The van der Waals surface area contributed by atoms with Crippen LogP contribution < -0.4 is 4.90 Å². The Kier molecular flexibility index (Phi) is 3.29. The van der Waals surface area contributed by atoms with E-state index in [0.29, 0.717) is 6.54 Å². The van der Waals surface area contributed by atoms with Crippen LogP contribution in [0.25, 0.3) is 0 Å². The number of rotatable bonds is 1. The highest BCUT2D eigenvalue weighted by Crippen LogP contribution is 2.28. The lowest BCUT2D eigenvalue weighted by atomic mass is 10.0. The van der Waals surface area contributed by atoms with E-state index in [1.165, 1.54) is 0 Å². The number of anilines is 1. The van der Waals surface area contributed by atoms with E-state index in [4.69, 9.17) is 6.42 Å². The largest absolute Gasteiger partial charge is 0.346 e. The number of aromatic nitrogens is 1.